The smallest absolute Gasteiger partial charge is 0.241 e. The second-order valence-electron chi connectivity index (χ2n) is 4.10. The number of sulfonamides is 1. The largest absolute Gasteiger partial charge is 0.380 e. The Kier molecular flexibility index (Phi) is 7.55. The summed E-state index contributed by atoms with van der Waals surface area (Å²) in [6.07, 6.45) is 2.08. The molecular weight excluding hydrogens is 284 g/mol. The van der Waals surface area contributed by atoms with Crippen molar-refractivity contribution in [2.24, 2.45) is 0 Å². The molecule has 0 bridgehead atoms. The van der Waals surface area contributed by atoms with Gasteiger partial charge in [-0.05, 0) is 24.9 Å². The van der Waals surface area contributed by atoms with E-state index in [2.05, 4.69) is 17.0 Å². The lowest BCUT2D eigenvalue weighted by Crippen LogP contribution is -2.28. The predicted octanol–water partition coefficient (Wildman–Crippen LogP) is 1.56. The van der Waals surface area contributed by atoms with Crippen LogP contribution in [0.3, 0.4) is 0 Å². The van der Waals surface area contributed by atoms with Gasteiger partial charge in [-0.25, -0.2) is 13.1 Å². The average molecular weight is 306 g/mol. The van der Waals surface area contributed by atoms with Crippen LogP contribution in [0.15, 0.2) is 16.3 Å². The van der Waals surface area contributed by atoms with Crippen molar-refractivity contribution in [2.75, 3.05) is 26.8 Å². The molecule has 5 nitrogen and oxygen atoms in total. The number of hydrogen-bond donors (Lipinski definition) is 2. The van der Waals surface area contributed by atoms with Gasteiger partial charge in [0.25, 0.3) is 0 Å². The molecule has 1 aromatic rings. The maximum atomic E-state index is 12.1. The number of thiophene rings is 1. The Balaban J connectivity index is 2.45. The van der Waals surface area contributed by atoms with Crippen LogP contribution >= 0.6 is 11.3 Å². The van der Waals surface area contributed by atoms with E-state index in [1.54, 1.807) is 18.5 Å². The van der Waals surface area contributed by atoms with Gasteiger partial charge in [-0.3, -0.25) is 0 Å². The van der Waals surface area contributed by atoms with Crippen molar-refractivity contribution in [3.8, 4) is 0 Å². The Hall–Kier alpha value is -0.470. The second-order valence-corrected chi connectivity index (χ2v) is 6.84. The highest BCUT2D eigenvalue weighted by molar-refractivity contribution is 7.89. The van der Waals surface area contributed by atoms with Crippen molar-refractivity contribution >= 4 is 21.4 Å². The third-order valence-electron chi connectivity index (χ3n) is 2.51. The Morgan fingerprint density at radius 1 is 1.37 bits per heavy atom. The standard InChI is InChI=1S/C12H22N2O3S2/c1-3-4-7-17-8-6-14-19(15,16)12-5-9-18-11(12)10-13-2/h5,9,13-14H,3-4,6-8,10H2,1-2H3. The van der Waals surface area contributed by atoms with E-state index in [9.17, 15) is 8.42 Å². The molecule has 2 N–H and O–H groups in total. The van der Waals surface area contributed by atoms with Gasteiger partial charge in [-0.2, -0.15) is 0 Å². The predicted molar refractivity (Wildman–Crippen MR) is 78.0 cm³/mol. The lowest BCUT2D eigenvalue weighted by atomic mass is 10.4. The van der Waals surface area contributed by atoms with Crippen LogP contribution in [0.4, 0.5) is 0 Å². The van der Waals surface area contributed by atoms with Crippen molar-refractivity contribution < 1.29 is 13.2 Å². The molecule has 7 heteroatoms. The fourth-order valence-corrected chi connectivity index (χ4v) is 4.00. The molecule has 19 heavy (non-hydrogen) atoms. The number of rotatable bonds is 10. The van der Waals surface area contributed by atoms with Crippen LogP contribution in [-0.4, -0.2) is 35.2 Å². The summed E-state index contributed by atoms with van der Waals surface area (Å²) >= 11 is 1.44. The summed E-state index contributed by atoms with van der Waals surface area (Å²) in [6, 6.07) is 1.64. The molecule has 110 valence electrons. The second kappa shape index (κ2) is 8.65. The van der Waals surface area contributed by atoms with Crippen LogP contribution in [0.25, 0.3) is 0 Å². The third-order valence-corrected chi connectivity index (χ3v) is 5.11. The van der Waals surface area contributed by atoms with Gasteiger partial charge in [-0.15, -0.1) is 11.3 Å². The van der Waals surface area contributed by atoms with Gasteiger partial charge < -0.3 is 10.1 Å². The molecule has 0 amide bonds. The van der Waals surface area contributed by atoms with Crippen LogP contribution in [0.5, 0.6) is 0 Å². The highest BCUT2D eigenvalue weighted by Gasteiger charge is 2.18. The Bertz CT molecular complexity index is 457. The monoisotopic (exact) mass is 306 g/mol. The van der Waals surface area contributed by atoms with Gasteiger partial charge in [0.1, 0.15) is 0 Å². The van der Waals surface area contributed by atoms with Crippen molar-refractivity contribution in [1.29, 1.82) is 0 Å². The average Bonchev–Trinajstić information content (AvgIpc) is 2.83. The highest BCUT2D eigenvalue weighted by Crippen LogP contribution is 2.21. The summed E-state index contributed by atoms with van der Waals surface area (Å²) in [5.74, 6) is 0. The number of unbranched alkanes of at least 4 members (excludes halogenated alkanes) is 1. The zero-order chi connectivity index (χ0) is 14.1. The fraction of sp³-hybridized carbons (Fsp3) is 0.667. The first-order valence-electron chi connectivity index (χ1n) is 6.40. The van der Waals surface area contributed by atoms with Crippen LogP contribution in [-0.2, 0) is 21.3 Å². The van der Waals surface area contributed by atoms with E-state index in [-0.39, 0.29) is 0 Å². The summed E-state index contributed by atoms with van der Waals surface area (Å²) in [6.45, 7) is 4.04. The van der Waals surface area contributed by atoms with Gasteiger partial charge >= 0.3 is 0 Å². The van der Waals surface area contributed by atoms with Crippen molar-refractivity contribution in [3.05, 3.63) is 16.3 Å². The summed E-state index contributed by atoms with van der Waals surface area (Å²) < 4.78 is 32.1. The maximum Gasteiger partial charge on any atom is 0.241 e. The lowest BCUT2D eigenvalue weighted by Gasteiger charge is -2.08. The van der Waals surface area contributed by atoms with Gasteiger partial charge in [-0.1, -0.05) is 13.3 Å². The van der Waals surface area contributed by atoms with Crippen molar-refractivity contribution in [3.63, 3.8) is 0 Å². The minimum absolute atomic E-state index is 0.306. The third kappa shape index (κ3) is 5.58. The summed E-state index contributed by atoms with van der Waals surface area (Å²) in [7, 11) is -1.63. The van der Waals surface area contributed by atoms with Gasteiger partial charge in [0.15, 0.2) is 0 Å². The molecule has 1 aromatic heterocycles. The fourth-order valence-electron chi connectivity index (χ4n) is 1.53. The van der Waals surface area contributed by atoms with E-state index in [1.807, 2.05) is 0 Å². The molecule has 1 rings (SSSR count). The first-order valence-corrected chi connectivity index (χ1v) is 8.76. The van der Waals surface area contributed by atoms with Gasteiger partial charge in [0.2, 0.25) is 10.0 Å². The van der Waals surface area contributed by atoms with E-state index >= 15 is 0 Å². The molecule has 0 fully saturated rings. The lowest BCUT2D eigenvalue weighted by molar-refractivity contribution is 0.136. The van der Waals surface area contributed by atoms with Crippen molar-refractivity contribution in [1.82, 2.24) is 10.0 Å². The van der Waals surface area contributed by atoms with Gasteiger partial charge in [0.05, 0.1) is 11.5 Å². The molecule has 0 aromatic carbocycles. The molecule has 0 aliphatic carbocycles. The zero-order valence-electron chi connectivity index (χ0n) is 11.4. The zero-order valence-corrected chi connectivity index (χ0v) is 13.1. The molecule has 0 spiro atoms. The molecule has 0 radical (unpaired) electrons. The van der Waals surface area contributed by atoms with Crippen LogP contribution in [0.2, 0.25) is 0 Å². The minimum atomic E-state index is -3.42. The Morgan fingerprint density at radius 2 is 2.16 bits per heavy atom. The van der Waals surface area contributed by atoms with Gasteiger partial charge in [0, 0.05) is 24.6 Å². The Morgan fingerprint density at radius 3 is 2.84 bits per heavy atom. The SMILES string of the molecule is CCCCOCCNS(=O)(=O)c1ccsc1CNC. The molecule has 0 atom stereocenters. The van der Waals surface area contributed by atoms with Crippen LogP contribution in [0, 0.1) is 0 Å². The van der Waals surface area contributed by atoms with E-state index in [4.69, 9.17) is 4.74 Å². The molecule has 0 aliphatic rings. The number of hydrogen-bond acceptors (Lipinski definition) is 5. The molecule has 0 saturated carbocycles. The quantitative estimate of drug-likeness (QED) is 0.644. The highest BCUT2D eigenvalue weighted by atomic mass is 32.2. The normalized spacial score (nSPS) is 11.9. The Labute approximate surface area is 119 Å². The molecule has 0 saturated heterocycles. The number of nitrogens with one attached hydrogen (secondary N) is 2. The first-order chi connectivity index (χ1) is 9.11. The topological polar surface area (TPSA) is 67.4 Å². The van der Waals surface area contributed by atoms with E-state index in [0.717, 1.165) is 17.7 Å². The van der Waals surface area contributed by atoms with Crippen LogP contribution < -0.4 is 10.0 Å². The number of ether oxygens (including phenoxy) is 1. The summed E-state index contributed by atoms with van der Waals surface area (Å²) in [5, 5.41) is 4.76. The minimum Gasteiger partial charge on any atom is -0.380 e. The van der Waals surface area contributed by atoms with E-state index in [0.29, 0.717) is 31.2 Å². The van der Waals surface area contributed by atoms with E-state index < -0.39 is 10.0 Å². The maximum absolute atomic E-state index is 12.1. The van der Waals surface area contributed by atoms with Crippen LogP contribution in [0.1, 0.15) is 24.6 Å². The molecule has 0 unspecified atom stereocenters. The molecule has 1 heterocycles. The summed E-state index contributed by atoms with van der Waals surface area (Å²) in [4.78, 5) is 1.18. The van der Waals surface area contributed by atoms with E-state index in [1.165, 1.54) is 11.3 Å². The molecular formula is C12H22N2O3S2. The summed E-state index contributed by atoms with van der Waals surface area (Å²) in [5.41, 5.74) is 0. The van der Waals surface area contributed by atoms with Crippen molar-refractivity contribution in [2.45, 2.75) is 31.2 Å². The molecule has 0 aliphatic heterocycles. The first kappa shape index (κ1) is 16.6.